The topological polar surface area (TPSA) is 64.6 Å². The van der Waals surface area contributed by atoms with Gasteiger partial charge in [-0.1, -0.05) is 42.5 Å². The Hall–Kier alpha value is -3.60. The van der Waals surface area contributed by atoms with Crippen LogP contribution in [0.4, 0.5) is 5.69 Å². The van der Waals surface area contributed by atoms with Gasteiger partial charge in [-0.2, -0.15) is 0 Å². The summed E-state index contributed by atoms with van der Waals surface area (Å²) in [7, 11) is 0. The highest BCUT2D eigenvalue weighted by molar-refractivity contribution is 5.93. The quantitative estimate of drug-likeness (QED) is 0.582. The highest BCUT2D eigenvalue weighted by Gasteiger charge is 2.10. The van der Waals surface area contributed by atoms with Crippen LogP contribution in [-0.4, -0.2) is 24.6 Å². The van der Waals surface area contributed by atoms with Gasteiger partial charge in [0.05, 0.1) is 11.7 Å². The van der Waals surface area contributed by atoms with Crippen LogP contribution in [0.1, 0.15) is 24.2 Å². The third-order valence-electron chi connectivity index (χ3n) is 4.08. The Morgan fingerprint density at radius 2 is 1.45 bits per heavy atom. The van der Waals surface area contributed by atoms with E-state index in [1.807, 2.05) is 54.6 Å². The largest absolute Gasteiger partial charge is 0.484 e. The third-order valence-corrected chi connectivity index (χ3v) is 4.08. The lowest BCUT2D eigenvalue weighted by molar-refractivity contribution is -0.118. The summed E-state index contributed by atoms with van der Waals surface area (Å²) in [5.74, 6) is -0.0542. The maximum atomic E-state index is 12.1. The lowest BCUT2D eigenvalue weighted by Crippen LogP contribution is -2.20. The van der Waals surface area contributed by atoms with Crippen molar-refractivity contribution in [2.45, 2.75) is 20.0 Å². The second-order valence-electron chi connectivity index (χ2n) is 6.76. The molecule has 1 N–H and O–H groups in total. The summed E-state index contributed by atoms with van der Waals surface area (Å²) in [6.07, 6.45) is -0.180. The van der Waals surface area contributed by atoms with Gasteiger partial charge in [-0.05, 0) is 61.4 Å². The van der Waals surface area contributed by atoms with Crippen molar-refractivity contribution in [3.05, 3.63) is 84.4 Å². The van der Waals surface area contributed by atoms with Gasteiger partial charge in [0.15, 0.2) is 6.61 Å². The first-order chi connectivity index (χ1) is 14.0. The standard InChI is InChI=1S/C24H23NO4/c1-17(2)29-24(27)20-8-12-21(13-9-20)25-23(26)16-28-22-14-10-19(11-15-22)18-6-4-3-5-7-18/h3-15,17H,16H2,1-2H3,(H,25,26). The molecule has 3 rings (SSSR count). The summed E-state index contributed by atoms with van der Waals surface area (Å²) in [5.41, 5.74) is 3.22. The van der Waals surface area contributed by atoms with E-state index in [0.29, 0.717) is 17.0 Å². The summed E-state index contributed by atoms with van der Waals surface area (Å²) >= 11 is 0. The molecule has 0 unspecified atom stereocenters. The van der Waals surface area contributed by atoms with Gasteiger partial charge in [-0.3, -0.25) is 4.79 Å². The van der Waals surface area contributed by atoms with Crippen molar-refractivity contribution in [3.63, 3.8) is 0 Å². The van der Waals surface area contributed by atoms with Crippen molar-refractivity contribution in [1.82, 2.24) is 0 Å². The molecule has 0 bridgehead atoms. The minimum absolute atomic E-state index is 0.109. The molecule has 0 spiro atoms. The van der Waals surface area contributed by atoms with Crippen LogP contribution in [0.3, 0.4) is 0 Å². The first-order valence-corrected chi connectivity index (χ1v) is 9.40. The van der Waals surface area contributed by atoms with E-state index >= 15 is 0 Å². The molecule has 148 valence electrons. The van der Waals surface area contributed by atoms with Gasteiger partial charge in [0.2, 0.25) is 0 Å². The molecule has 0 saturated carbocycles. The molecule has 0 heterocycles. The molecule has 0 aliphatic rings. The van der Waals surface area contributed by atoms with Gasteiger partial charge in [0, 0.05) is 5.69 Å². The molecule has 5 nitrogen and oxygen atoms in total. The average Bonchev–Trinajstić information content (AvgIpc) is 2.73. The molecule has 0 aromatic heterocycles. The molecule has 29 heavy (non-hydrogen) atoms. The predicted octanol–water partition coefficient (Wildman–Crippen LogP) is 4.94. The number of benzene rings is 3. The van der Waals surface area contributed by atoms with Crippen LogP contribution in [0.25, 0.3) is 11.1 Å². The number of hydrogen-bond acceptors (Lipinski definition) is 4. The fourth-order valence-corrected chi connectivity index (χ4v) is 2.69. The van der Waals surface area contributed by atoms with E-state index in [4.69, 9.17) is 9.47 Å². The number of nitrogens with one attached hydrogen (secondary N) is 1. The molecule has 0 atom stereocenters. The second kappa shape index (κ2) is 9.55. The monoisotopic (exact) mass is 389 g/mol. The van der Waals surface area contributed by atoms with Crippen molar-refractivity contribution in [2.24, 2.45) is 0 Å². The zero-order valence-electron chi connectivity index (χ0n) is 16.4. The third kappa shape index (κ3) is 5.94. The maximum absolute atomic E-state index is 12.1. The fourth-order valence-electron chi connectivity index (χ4n) is 2.69. The molecule has 0 aliphatic carbocycles. The average molecular weight is 389 g/mol. The molecule has 1 amide bonds. The second-order valence-corrected chi connectivity index (χ2v) is 6.76. The highest BCUT2D eigenvalue weighted by atomic mass is 16.5. The summed E-state index contributed by atoms with van der Waals surface area (Å²) in [6, 6.07) is 24.2. The van der Waals surface area contributed by atoms with Gasteiger partial charge < -0.3 is 14.8 Å². The number of carbonyl (C=O) groups excluding carboxylic acids is 2. The van der Waals surface area contributed by atoms with Crippen molar-refractivity contribution < 1.29 is 19.1 Å². The van der Waals surface area contributed by atoms with Gasteiger partial charge >= 0.3 is 5.97 Å². The number of hydrogen-bond donors (Lipinski definition) is 1. The number of amides is 1. The van der Waals surface area contributed by atoms with Gasteiger partial charge in [0.1, 0.15) is 5.75 Å². The van der Waals surface area contributed by atoms with E-state index in [0.717, 1.165) is 11.1 Å². The zero-order chi connectivity index (χ0) is 20.6. The minimum atomic E-state index is -0.389. The van der Waals surface area contributed by atoms with E-state index < -0.39 is 0 Å². The van der Waals surface area contributed by atoms with Gasteiger partial charge in [-0.25, -0.2) is 4.79 Å². The Morgan fingerprint density at radius 1 is 0.828 bits per heavy atom. The van der Waals surface area contributed by atoms with Crippen LogP contribution in [0.5, 0.6) is 5.75 Å². The predicted molar refractivity (Wildman–Crippen MR) is 113 cm³/mol. The van der Waals surface area contributed by atoms with Crippen LogP contribution < -0.4 is 10.1 Å². The number of esters is 1. The minimum Gasteiger partial charge on any atom is -0.484 e. The summed E-state index contributed by atoms with van der Waals surface area (Å²) in [6.45, 7) is 3.48. The van der Waals surface area contributed by atoms with Crippen molar-refractivity contribution in [2.75, 3.05) is 11.9 Å². The first kappa shape index (κ1) is 20.1. The smallest absolute Gasteiger partial charge is 0.338 e. The Labute approximate surface area is 170 Å². The van der Waals surface area contributed by atoms with E-state index in [-0.39, 0.29) is 24.6 Å². The lowest BCUT2D eigenvalue weighted by Gasteiger charge is -2.10. The van der Waals surface area contributed by atoms with Gasteiger partial charge in [-0.15, -0.1) is 0 Å². The van der Waals surface area contributed by atoms with Crippen molar-refractivity contribution >= 4 is 17.6 Å². The molecular weight excluding hydrogens is 366 g/mol. The number of ether oxygens (including phenoxy) is 2. The molecule has 3 aromatic rings. The van der Waals surface area contributed by atoms with E-state index in [1.165, 1.54) is 0 Å². The molecule has 3 aromatic carbocycles. The Balaban J connectivity index is 1.50. The molecular formula is C24H23NO4. The normalized spacial score (nSPS) is 10.4. The van der Waals surface area contributed by atoms with Crippen molar-refractivity contribution in [1.29, 1.82) is 0 Å². The van der Waals surface area contributed by atoms with Crippen LogP contribution in [-0.2, 0) is 9.53 Å². The fraction of sp³-hybridized carbons (Fsp3) is 0.167. The number of carbonyl (C=O) groups is 2. The van der Waals surface area contributed by atoms with Crippen LogP contribution in [0.2, 0.25) is 0 Å². The number of anilines is 1. The number of rotatable bonds is 7. The van der Waals surface area contributed by atoms with E-state index in [2.05, 4.69) is 5.32 Å². The summed E-state index contributed by atoms with van der Waals surface area (Å²) < 4.78 is 10.7. The Morgan fingerprint density at radius 3 is 2.07 bits per heavy atom. The van der Waals surface area contributed by atoms with Crippen LogP contribution >= 0.6 is 0 Å². The Kier molecular flexibility index (Phi) is 6.63. The SMILES string of the molecule is CC(C)OC(=O)c1ccc(NC(=O)COc2ccc(-c3ccccc3)cc2)cc1. The first-order valence-electron chi connectivity index (χ1n) is 9.40. The van der Waals surface area contributed by atoms with E-state index in [9.17, 15) is 9.59 Å². The van der Waals surface area contributed by atoms with Crippen LogP contribution in [0.15, 0.2) is 78.9 Å². The highest BCUT2D eigenvalue weighted by Crippen LogP contribution is 2.22. The Bertz CT molecular complexity index is 948. The summed E-state index contributed by atoms with van der Waals surface area (Å²) in [4.78, 5) is 23.9. The lowest BCUT2D eigenvalue weighted by atomic mass is 10.1. The van der Waals surface area contributed by atoms with Gasteiger partial charge in [0.25, 0.3) is 5.91 Å². The maximum Gasteiger partial charge on any atom is 0.338 e. The molecule has 5 heteroatoms. The van der Waals surface area contributed by atoms with Crippen molar-refractivity contribution in [3.8, 4) is 16.9 Å². The van der Waals surface area contributed by atoms with Crippen LogP contribution in [0, 0.1) is 0 Å². The zero-order valence-corrected chi connectivity index (χ0v) is 16.4. The molecule has 0 saturated heterocycles. The van der Waals surface area contributed by atoms with E-state index in [1.54, 1.807) is 38.1 Å². The summed E-state index contributed by atoms with van der Waals surface area (Å²) in [5, 5.41) is 2.74. The molecule has 0 aliphatic heterocycles. The molecule has 0 radical (unpaired) electrons. The molecule has 0 fully saturated rings.